The molecule has 1 aromatic heterocycles. The maximum Gasteiger partial charge on any atom is 0.418 e. The molecule has 0 atom stereocenters. The second-order valence-corrected chi connectivity index (χ2v) is 4.91. The summed E-state index contributed by atoms with van der Waals surface area (Å²) >= 11 is 1.45. The molecule has 0 saturated carbocycles. The normalized spacial score (nSPS) is 10.1. The van der Waals surface area contributed by atoms with Crippen molar-refractivity contribution in [3.8, 4) is 5.75 Å². The Morgan fingerprint density at radius 3 is 2.72 bits per heavy atom. The largest absolute Gasteiger partial charge is 0.418 e. The first-order chi connectivity index (χ1) is 8.69. The third kappa shape index (κ3) is 3.07. The number of nitrogens with zero attached hydrogens (tertiary/aromatic N) is 1. The van der Waals surface area contributed by atoms with Crippen LogP contribution in [0.4, 0.5) is 9.93 Å². The Morgan fingerprint density at radius 2 is 2.11 bits per heavy atom. The standard InChI is InChI=1S/C13H14N2O2S/c1-3-11-9(2)18-12(14-11)15-13(16)17-10-7-5-4-6-8-10/h4-8H,3H2,1-2H3,(H,14,15,16). The number of thiazole rings is 1. The van der Waals surface area contributed by atoms with Crippen molar-refractivity contribution in [1.29, 1.82) is 0 Å². The van der Waals surface area contributed by atoms with Gasteiger partial charge in [0.05, 0.1) is 5.69 Å². The van der Waals surface area contributed by atoms with Gasteiger partial charge in [0, 0.05) is 4.88 Å². The fraction of sp³-hybridized carbons (Fsp3) is 0.231. The molecule has 2 rings (SSSR count). The van der Waals surface area contributed by atoms with Gasteiger partial charge in [-0.25, -0.2) is 9.78 Å². The smallest absolute Gasteiger partial charge is 0.410 e. The van der Waals surface area contributed by atoms with E-state index >= 15 is 0 Å². The highest BCUT2D eigenvalue weighted by Crippen LogP contribution is 2.22. The van der Waals surface area contributed by atoms with Crippen LogP contribution in [0.15, 0.2) is 30.3 Å². The van der Waals surface area contributed by atoms with E-state index in [4.69, 9.17) is 4.74 Å². The minimum atomic E-state index is -0.516. The van der Waals surface area contributed by atoms with Gasteiger partial charge in [0.1, 0.15) is 5.75 Å². The lowest BCUT2D eigenvalue weighted by molar-refractivity contribution is 0.215. The number of benzene rings is 1. The summed E-state index contributed by atoms with van der Waals surface area (Å²) in [5.41, 5.74) is 1.01. The number of ether oxygens (including phenoxy) is 1. The Hall–Kier alpha value is -1.88. The van der Waals surface area contributed by atoms with E-state index in [0.717, 1.165) is 17.0 Å². The molecule has 0 bridgehead atoms. The van der Waals surface area contributed by atoms with Crippen LogP contribution >= 0.6 is 11.3 Å². The lowest BCUT2D eigenvalue weighted by Crippen LogP contribution is -2.16. The molecule has 0 saturated heterocycles. The quantitative estimate of drug-likeness (QED) is 0.919. The minimum Gasteiger partial charge on any atom is -0.410 e. The van der Waals surface area contributed by atoms with Gasteiger partial charge in [-0.05, 0) is 25.5 Å². The fourth-order valence-corrected chi connectivity index (χ4v) is 2.41. The van der Waals surface area contributed by atoms with Crippen LogP contribution in [0.25, 0.3) is 0 Å². The van der Waals surface area contributed by atoms with Crippen LogP contribution in [-0.2, 0) is 6.42 Å². The summed E-state index contributed by atoms with van der Waals surface area (Å²) in [6, 6.07) is 8.94. The number of amides is 1. The summed E-state index contributed by atoms with van der Waals surface area (Å²) in [5, 5.41) is 3.21. The van der Waals surface area contributed by atoms with Crippen molar-refractivity contribution < 1.29 is 9.53 Å². The molecular weight excluding hydrogens is 248 g/mol. The predicted molar refractivity (Wildman–Crippen MR) is 72.3 cm³/mol. The fourth-order valence-electron chi connectivity index (χ4n) is 1.52. The summed E-state index contributed by atoms with van der Waals surface area (Å²) in [7, 11) is 0. The van der Waals surface area contributed by atoms with E-state index in [-0.39, 0.29) is 0 Å². The van der Waals surface area contributed by atoms with Crippen LogP contribution < -0.4 is 10.1 Å². The van der Waals surface area contributed by atoms with Crippen LogP contribution in [0.1, 0.15) is 17.5 Å². The van der Waals surface area contributed by atoms with Crippen molar-refractivity contribution in [2.45, 2.75) is 20.3 Å². The average molecular weight is 262 g/mol. The number of aryl methyl sites for hydroxylation is 2. The molecule has 0 fully saturated rings. The molecular formula is C13H14N2O2S. The number of hydrogen-bond acceptors (Lipinski definition) is 4. The van der Waals surface area contributed by atoms with Crippen LogP contribution in [0, 0.1) is 6.92 Å². The molecule has 0 aliphatic carbocycles. The van der Waals surface area contributed by atoms with Crippen molar-refractivity contribution in [2.75, 3.05) is 5.32 Å². The first-order valence-electron chi connectivity index (χ1n) is 5.69. The highest BCUT2D eigenvalue weighted by atomic mass is 32.1. The lowest BCUT2D eigenvalue weighted by atomic mass is 10.3. The molecule has 0 aliphatic rings. The predicted octanol–water partition coefficient (Wildman–Crippen LogP) is 3.62. The maximum atomic E-state index is 11.6. The molecule has 1 N–H and O–H groups in total. The van der Waals surface area contributed by atoms with Gasteiger partial charge >= 0.3 is 6.09 Å². The third-order valence-electron chi connectivity index (χ3n) is 2.39. The van der Waals surface area contributed by atoms with Gasteiger partial charge in [0.25, 0.3) is 0 Å². The Kier molecular flexibility index (Phi) is 3.94. The van der Waals surface area contributed by atoms with Crippen molar-refractivity contribution in [3.05, 3.63) is 40.9 Å². The molecule has 0 radical (unpaired) electrons. The number of aromatic nitrogens is 1. The van der Waals surface area contributed by atoms with E-state index in [1.54, 1.807) is 12.1 Å². The zero-order valence-corrected chi connectivity index (χ0v) is 11.1. The SMILES string of the molecule is CCc1nc(NC(=O)Oc2ccccc2)sc1C. The molecule has 0 unspecified atom stereocenters. The Labute approximate surface area is 110 Å². The zero-order valence-electron chi connectivity index (χ0n) is 10.3. The Balaban J connectivity index is 1.99. The van der Waals surface area contributed by atoms with Gasteiger partial charge in [0.2, 0.25) is 0 Å². The van der Waals surface area contributed by atoms with Crippen LogP contribution in [0.3, 0.4) is 0 Å². The van der Waals surface area contributed by atoms with Gasteiger partial charge in [0.15, 0.2) is 5.13 Å². The highest BCUT2D eigenvalue weighted by Gasteiger charge is 2.10. The minimum absolute atomic E-state index is 0.513. The van der Waals surface area contributed by atoms with Crippen LogP contribution in [0.2, 0.25) is 0 Å². The van der Waals surface area contributed by atoms with Gasteiger partial charge in [-0.15, -0.1) is 11.3 Å². The van der Waals surface area contributed by atoms with E-state index in [0.29, 0.717) is 10.9 Å². The van der Waals surface area contributed by atoms with Gasteiger partial charge in [-0.3, -0.25) is 5.32 Å². The van der Waals surface area contributed by atoms with E-state index in [1.165, 1.54) is 11.3 Å². The molecule has 1 heterocycles. The molecule has 1 aromatic carbocycles. The number of carbonyl (C=O) groups is 1. The van der Waals surface area contributed by atoms with Gasteiger partial charge < -0.3 is 4.74 Å². The third-order valence-corrected chi connectivity index (χ3v) is 3.32. The monoisotopic (exact) mass is 262 g/mol. The van der Waals surface area contributed by atoms with E-state index in [9.17, 15) is 4.79 Å². The molecule has 2 aromatic rings. The summed E-state index contributed by atoms with van der Waals surface area (Å²) in [6.45, 7) is 4.03. The van der Waals surface area contributed by atoms with E-state index < -0.39 is 6.09 Å². The van der Waals surface area contributed by atoms with E-state index in [1.807, 2.05) is 32.0 Å². The van der Waals surface area contributed by atoms with Crippen molar-refractivity contribution in [2.24, 2.45) is 0 Å². The Bertz CT molecular complexity index is 537. The van der Waals surface area contributed by atoms with Crippen molar-refractivity contribution in [3.63, 3.8) is 0 Å². The zero-order chi connectivity index (χ0) is 13.0. The Morgan fingerprint density at radius 1 is 1.39 bits per heavy atom. The summed E-state index contributed by atoms with van der Waals surface area (Å²) in [5.74, 6) is 0.513. The lowest BCUT2D eigenvalue weighted by Gasteiger charge is -2.03. The highest BCUT2D eigenvalue weighted by molar-refractivity contribution is 7.15. The van der Waals surface area contributed by atoms with Crippen LogP contribution in [0.5, 0.6) is 5.75 Å². The summed E-state index contributed by atoms with van der Waals surface area (Å²) in [6.07, 6.45) is 0.343. The number of hydrogen-bond donors (Lipinski definition) is 1. The van der Waals surface area contributed by atoms with E-state index in [2.05, 4.69) is 10.3 Å². The van der Waals surface area contributed by atoms with Crippen molar-refractivity contribution >= 4 is 22.6 Å². The topological polar surface area (TPSA) is 51.2 Å². The number of para-hydroxylation sites is 1. The first kappa shape index (κ1) is 12.6. The van der Waals surface area contributed by atoms with Gasteiger partial charge in [-0.1, -0.05) is 25.1 Å². The van der Waals surface area contributed by atoms with Crippen LogP contribution in [-0.4, -0.2) is 11.1 Å². The molecule has 0 aliphatic heterocycles. The molecule has 5 heteroatoms. The molecule has 1 amide bonds. The number of carbonyl (C=O) groups excluding carboxylic acids is 1. The first-order valence-corrected chi connectivity index (χ1v) is 6.51. The summed E-state index contributed by atoms with van der Waals surface area (Å²) < 4.78 is 5.12. The molecule has 18 heavy (non-hydrogen) atoms. The number of anilines is 1. The number of rotatable bonds is 3. The maximum absolute atomic E-state index is 11.6. The second-order valence-electron chi connectivity index (χ2n) is 3.70. The second kappa shape index (κ2) is 5.64. The molecule has 4 nitrogen and oxygen atoms in total. The molecule has 94 valence electrons. The number of nitrogens with one attached hydrogen (secondary N) is 1. The van der Waals surface area contributed by atoms with Crippen molar-refractivity contribution in [1.82, 2.24) is 4.98 Å². The molecule has 0 spiro atoms. The van der Waals surface area contributed by atoms with Gasteiger partial charge in [-0.2, -0.15) is 0 Å². The summed E-state index contributed by atoms with van der Waals surface area (Å²) in [4.78, 5) is 17.1. The average Bonchev–Trinajstić information content (AvgIpc) is 2.70.